The number of amides is 1. The van der Waals surface area contributed by atoms with Crippen LogP contribution in [0.15, 0.2) is 52.0 Å². The number of carbonyl (C=O) groups excluding carboxylic acids is 1. The Hall–Kier alpha value is -3.34. The fourth-order valence-corrected chi connectivity index (χ4v) is 3.71. The van der Waals surface area contributed by atoms with Crippen LogP contribution in [0.1, 0.15) is 12.8 Å². The first-order valence-corrected chi connectivity index (χ1v) is 10.1. The molecular formula is C19H17BrN6O4. The Kier molecular flexibility index (Phi) is 5.44. The number of halogens is 1. The van der Waals surface area contributed by atoms with Gasteiger partial charge in [-0.15, -0.1) is 0 Å². The van der Waals surface area contributed by atoms with Crippen molar-refractivity contribution < 1.29 is 9.72 Å². The number of pyridine rings is 2. The van der Waals surface area contributed by atoms with E-state index in [9.17, 15) is 19.7 Å². The number of nitro groups is 1. The standard InChI is InChI=1S/C19H17BrN6O4/c20-13-4-5-14(21-11-13)22-18(27)12-6-9-24(10-7-12)17-16(26(29)30)19(28)25-8-2-1-3-15(25)23-17/h1-5,8,11-12H,6-7,9-10H2,(H,21,22,27). The van der Waals surface area contributed by atoms with E-state index >= 15 is 0 Å². The van der Waals surface area contributed by atoms with E-state index in [1.807, 2.05) is 0 Å². The number of nitrogens with zero attached hydrogens (tertiary/aromatic N) is 5. The number of piperidine rings is 1. The molecule has 4 rings (SSSR count). The Morgan fingerprint density at radius 3 is 2.67 bits per heavy atom. The third-order valence-corrected chi connectivity index (χ3v) is 5.49. The topological polar surface area (TPSA) is 123 Å². The summed E-state index contributed by atoms with van der Waals surface area (Å²) in [4.78, 5) is 46.2. The molecule has 1 aliphatic heterocycles. The number of fused-ring (bicyclic) bond motifs is 1. The lowest BCUT2D eigenvalue weighted by molar-refractivity contribution is -0.385. The highest BCUT2D eigenvalue weighted by atomic mass is 79.9. The SMILES string of the molecule is O=C(Nc1ccc(Br)cn1)C1CCN(c2nc3ccccn3c(=O)c2[N+](=O)[O-])CC1. The van der Waals surface area contributed by atoms with Gasteiger partial charge in [-0.1, -0.05) is 6.07 Å². The van der Waals surface area contributed by atoms with Crippen LogP contribution < -0.4 is 15.8 Å². The van der Waals surface area contributed by atoms with Crippen LogP contribution in [0.5, 0.6) is 0 Å². The number of carbonyl (C=O) groups is 1. The molecule has 3 aromatic rings. The second-order valence-electron chi connectivity index (χ2n) is 6.89. The van der Waals surface area contributed by atoms with E-state index in [-0.39, 0.29) is 17.6 Å². The molecule has 30 heavy (non-hydrogen) atoms. The predicted octanol–water partition coefficient (Wildman–Crippen LogP) is 2.62. The summed E-state index contributed by atoms with van der Waals surface area (Å²) in [6.45, 7) is 0.754. The third kappa shape index (κ3) is 3.88. The summed E-state index contributed by atoms with van der Waals surface area (Å²) in [5.74, 6) is 0.105. The first-order valence-electron chi connectivity index (χ1n) is 9.27. The van der Waals surface area contributed by atoms with E-state index < -0.39 is 16.2 Å². The van der Waals surface area contributed by atoms with Gasteiger partial charge in [0.25, 0.3) is 0 Å². The maximum absolute atomic E-state index is 12.6. The van der Waals surface area contributed by atoms with Crippen molar-refractivity contribution in [2.24, 2.45) is 5.92 Å². The summed E-state index contributed by atoms with van der Waals surface area (Å²) in [7, 11) is 0. The van der Waals surface area contributed by atoms with Gasteiger partial charge in [-0.2, -0.15) is 0 Å². The molecule has 11 heteroatoms. The highest BCUT2D eigenvalue weighted by Crippen LogP contribution is 2.28. The fourth-order valence-electron chi connectivity index (χ4n) is 3.48. The molecule has 1 fully saturated rings. The number of anilines is 2. The summed E-state index contributed by atoms with van der Waals surface area (Å²) >= 11 is 3.29. The molecule has 0 aliphatic carbocycles. The van der Waals surface area contributed by atoms with Gasteiger partial charge in [0, 0.05) is 35.9 Å². The van der Waals surface area contributed by atoms with Crippen LogP contribution in [0.3, 0.4) is 0 Å². The Morgan fingerprint density at radius 1 is 1.23 bits per heavy atom. The van der Waals surface area contributed by atoms with Crippen LogP contribution >= 0.6 is 15.9 Å². The van der Waals surface area contributed by atoms with Gasteiger partial charge in [-0.05, 0) is 53.0 Å². The number of aromatic nitrogens is 3. The Morgan fingerprint density at radius 2 is 2.00 bits per heavy atom. The second kappa shape index (κ2) is 8.19. The van der Waals surface area contributed by atoms with E-state index in [4.69, 9.17) is 0 Å². The van der Waals surface area contributed by atoms with Gasteiger partial charge in [-0.25, -0.2) is 9.97 Å². The zero-order valence-corrected chi connectivity index (χ0v) is 17.3. The van der Waals surface area contributed by atoms with Crippen molar-refractivity contribution in [2.75, 3.05) is 23.3 Å². The van der Waals surface area contributed by atoms with E-state index in [0.29, 0.717) is 37.4 Å². The summed E-state index contributed by atoms with van der Waals surface area (Å²) in [6, 6.07) is 8.44. The van der Waals surface area contributed by atoms with Gasteiger partial charge in [0.05, 0.1) is 4.92 Å². The Labute approximate surface area is 178 Å². The highest BCUT2D eigenvalue weighted by Gasteiger charge is 2.32. The van der Waals surface area contributed by atoms with E-state index in [1.165, 1.54) is 6.20 Å². The van der Waals surface area contributed by atoms with Gasteiger partial charge in [0.15, 0.2) is 0 Å². The van der Waals surface area contributed by atoms with Crippen molar-refractivity contribution >= 4 is 44.8 Å². The first-order chi connectivity index (χ1) is 14.4. The van der Waals surface area contributed by atoms with Crippen LogP contribution in [0.2, 0.25) is 0 Å². The van der Waals surface area contributed by atoms with Crippen molar-refractivity contribution in [3.05, 3.63) is 67.7 Å². The lowest BCUT2D eigenvalue weighted by Crippen LogP contribution is -2.40. The molecule has 1 saturated heterocycles. The molecule has 3 aromatic heterocycles. The quantitative estimate of drug-likeness (QED) is 0.457. The van der Waals surface area contributed by atoms with Crippen molar-refractivity contribution in [3.63, 3.8) is 0 Å². The van der Waals surface area contributed by atoms with Gasteiger partial charge in [-0.3, -0.25) is 24.1 Å². The van der Waals surface area contributed by atoms with Crippen molar-refractivity contribution in [1.29, 1.82) is 0 Å². The second-order valence-corrected chi connectivity index (χ2v) is 7.80. The molecular weight excluding hydrogens is 456 g/mol. The summed E-state index contributed by atoms with van der Waals surface area (Å²) in [5, 5.41) is 14.4. The largest absolute Gasteiger partial charge is 0.376 e. The predicted molar refractivity (Wildman–Crippen MR) is 114 cm³/mol. The Balaban J connectivity index is 1.52. The molecule has 0 unspecified atom stereocenters. The Bertz CT molecular complexity index is 1170. The molecule has 0 aromatic carbocycles. The summed E-state index contributed by atoms with van der Waals surface area (Å²) in [6.07, 6.45) is 4.01. The maximum Gasteiger partial charge on any atom is 0.376 e. The number of rotatable bonds is 4. The molecule has 0 bridgehead atoms. The molecule has 0 radical (unpaired) electrons. The first kappa shape index (κ1) is 20.0. The van der Waals surface area contributed by atoms with Gasteiger partial charge in [0.1, 0.15) is 11.5 Å². The molecule has 10 nitrogen and oxygen atoms in total. The molecule has 4 heterocycles. The molecule has 1 aliphatic rings. The minimum atomic E-state index is -0.721. The lowest BCUT2D eigenvalue weighted by atomic mass is 9.96. The van der Waals surface area contributed by atoms with Crippen molar-refractivity contribution in [1.82, 2.24) is 14.4 Å². The summed E-state index contributed by atoms with van der Waals surface area (Å²) < 4.78 is 1.97. The number of nitrogens with one attached hydrogen (secondary N) is 1. The van der Waals surface area contributed by atoms with Crippen LogP contribution in [0, 0.1) is 16.0 Å². The van der Waals surface area contributed by atoms with E-state index in [1.54, 1.807) is 41.4 Å². The van der Waals surface area contributed by atoms with E-state index in [2.05, 4.69) is 31.2 Å². The molecule has 0 saturated carbocycles. The monoisotopic (exact) mass is 472 g/mol. The number of hydrogen-bond donors (Lipinski definition) is 1. The minimum absolute atomic E-state index is 0.0460. The summed E-state index contributed by atoms with van der Waals surface area (Å²) in [5.41, 5.74) is -0.938. The number of hydrogen-bond acceptors (Lipinski definition) is 7. The van der Waals surface area contributed by atoms with E-state index in [0.717, 1.165) is 8.87 Å². The van der Waals surface area contributed by atoms with Crippen molar-refractivity contribution in [3.8, 4) is 0 Å². The molecule has 1 N–H and O–H groups in total. The average molecular weight is 473 g/mol. The van der Waals surface area contributed by atoms with Crippen LogP contribution in [0.4, 0.5) is 17.3 Å². The normalized spacial score (nSPS) is 14.6. The zero-order valence-electron chi connectivity index (χ0n) is 15.7. The average Bonchev–Trinajstić information content (AvgIpc) is 2.75. The molecule has 0 atom stereocenters. The highest BCUT2D eigenvalue weighted by molar-refractivity contribution is 9.10. The third-order valence-electron chi connectivity index (χ3n) is 5.02. The lowest BCUT2D eigenvalue weighted by Gasteiger charge is -2.31. The van der Waals surface area contributed by atoms with Gasteiger partial charge in [0.2, 0.25) is 11.7 Å². The smallest absolute Gasteiger partial charge is 0.351 e. The zero-order chi connectivity index (χ0) is 21.3. The van der Waals surface area contributed by atoms with Crippen molar-refractivity contribution in [2.45, 2.75) is 12.8 Å². The van der Waals surface area contributed by atoms with Crippen LogP contribution in [-0.4, -0.2) is 38.3 Å². The minimum Gasteiger partial charge on any atom is -0.351 e. The fraction of sp³-hybridized carbons (Fsp3) is 0.263. The van der Waals surface area contributed by atoms with Crippen LogP contribution in [0.25, 0.3) is 5.65 Å². The molecule has 1 amide bonds. The maximum atomic E-state index is 12.6. The van der Waals surface area contributed by atoms with Gasteiger partial charge < -0.3 is 10.2 Å². The molecule has 154 valence electrons. The van der Waals surface area contributed by atoms with Gasteiger partial charge >= 0.3 is 11.2 Å². The molecule has 0 spiro atoms. The van der Waals surface area contributed by atoms with Crippen LogP contribution in [-0.2, 0) is 4.79 Å².